The predicted octanol–water partition coefficient (Wildman–Crippen LogP) is 2.25. The Morgan fingerprint density at radius 2 is 1.76 bits per heavy atom. The first-order valence-electron chi connectivity index (χ1n) is 11.0. The van der Waals surface area contributed by atoms with E-state index < -0.39 is 12.2 Å². The van der Waals surface area contributed by atoms with Crippen molar-refractivity contribution in [2.45, 2.75) is 108 Å². The number of rotatable bonds is 11. The number of aliphatic hydroxyl groups is 3. The molecule has 7 heteroatoms. The summed E-state index contributed by atoms with van der Waals surface area (Å²) in [7, 11) is 1.61. The number of ether oxygens (including phenoxy) is 4. The van der Waals surface area contributed by atoms with Gasteiger partial charge in [0.15, 0.2) is 0 Å². The molecule has 0 aliphatic carbocycles. The van der Waals surface area contributed by atoms with Gasteiger partial charge in [-0.05, 0) is 52.9 Å². The van der Waals surface area contributed by atoms with Crippen LogP contribution in [-0.4, -0.2) is 77.6 Å². The third-order valence-corrected chi connectivity index (χ3v) is 7.21. The molecule has 0 unspecified atom stereocenters. The Hall–Kier alpha value is -0.280. The van der Waals surface area contributed by atoms with Crippen molar-refractivity contribution in [3.63, 3.8) is 0 Å². The van der Waals surface area contributed by atoms with Crippen LogP contribution in [0.5, 0.6) is 0 Å². The fourth-order valence-corrected chi connectivity index (χ4v) is 4.62. The van der Waals surface area contributed by atoms with Gasteiger partial charge in [-0.3, -0.25) is 0 Å². The van der Waals surface area contributed by atoms with Gasteiger partial charge in [0, 0.05) is 25.6 Å². The molecule has 2 aliphatic heterocycles. The first-order valence-corrected chi connectivity index (χ1v) is 11.0. The van der Waals surface area contributed by atoms with Crippen LogP contribution in [0.1, 0.15) is 66.7 Å². The average molecular weight is 419 g/mol. The standard InChI is InChI=1S/C22H42O7/c1-14(12-23)20(25)15(2)18(24)11-17-7-9-22(5,28-17)19-8-10-21(4,29-19)16(3)27-13-26-6/h14-20,23-25H,7-13H2,1-6H3/t14-,15+,16-,17+,18+,19-,20-,21+,22+/m1/s1. The molecule has 2 saturated heterocycles. The topological polar surface area (TPSA) is 97.6 Å². The lowest BCUT2D eigenvalue weighted by Gasteiger charge is -2.36. The van der Waals surface area contributed by atoms with Crippen LogP contribution in [-0.2, 0) is 18.9 Å². The Kier molecular flexibility index (Phi) is 8.92. The summed E-state index contributed by atoms with van der Waals surface area (Å²) in [6.45, 7) is 9.95. The van der Waals surface area contributed by atoms with Crippen LogP contribution in [0.4, 0.5) is 0 Å². The summed E-state index contributed by atoms with van der Waals surface area (Å²) >= 11 is 0. The lowest BCUT2D eigenvalue weighted by atomic mass is 9.87. The molecule has 0 saturated carbocycles. The van der Waals surface area contributed by atoms with E-state index in [1.165, 1.54) is 0 Å². The van der Waals surface area contributed by atoms with Gasteiger partial charge in [0.2, 0.25) is 0 Å². The summed E-state index contributed by atoms with van der Waals surface area (Å²) in [5.74, 6) is -0.585. The Balaban J connectivity index is 1.89. The Morgan fingerprint density at radius 1 is 1.07 bits per heavy atom. The molecule has 29 heavy (non-hydrogen) atoms. The van der Waals surface area contributed by atoms with E-state index in [0.29, 0.717) is 6.42 Å². The van der Waals surface area contributed by atoms with Crippen LogP contribution in [0.3, 0.4) is 0 Å². The summed E-state index contributed by atoms with van der Waals surface area (Å²) in [5.41, 5.74) is -0.754. The van der Waals surface area contributed by atoms with Gasteiger partial charge in [-0.25, -0.2) is 0 Å². The van der Waals surface area contributed by atoms with Crippen molar-refractivity contribution in [3.8, 4) is 0 Å². The van der Waals surface area contributed by atoms with Crippen LogP contribution >= 0.6 is 0 Å². The number of hydrogen-bond donors (Lipinski definition) is 3. The van der Waals surface area contributed by atoms with Crippen LogP contribution in [0, 0.1) is 11.8 Å². The molecule has 2 aliphatic rings. The molecule has 3 N–H and O–H groups in total. The lowest BCUT2D eigenvalue weighted by Crippen LogP contribution is -2.45. The van der Waals surface area contributed by atoms with Crippen molar-refractivity contribution < 1.29 is 34.3 Å². The van der Waals surface area contributed by atoms with Crippen LogP contribution < -0.4 is 0 Å². The van der Waals surface area contributed by atoms with Crippen molar-refractivity contribution in [1.29, 1.82) is 0 Å². The molecule has 0 radical (unpaired) electrons. The van der Waals surface area contributed by atoms with Crippen molar-refractivity contribution in [2.24, 2.45) is 11.8 Å². The maximum atomic E-state index is 10.6. The molecule has 172 valence electrons. The number of hydrogen-bond acceptors (Lipinski definition) is 7. The zero-order valence-electron chi connectivity index (χ0n) is 19.0. The normalized spacial score (nSPS) is 38.0. The van der Waals surface area contributed by atoms with Crippen molar-refractivity contribution >= 4 is 0 Å². The molecule has 2 fully saturated rings. The lowest BCUT2D eigenvalue weighted by molar-refractivity contribution is -0.194. The quantitative estimate of drug-likeness (QED) is 0.443. The minimum atomic E-state index is -0.741. The Labute approximate surface area is 175 Å². The van der Waals surface area contributed by atoms with Gasteiger partial charge in [0.25, 0.3) is 0 Å². The molecule has 0 aromatic rings. The smallest absolute Gasteiger partial charge is 0.146 e. The molecule has 0 aromatic carbocycles. The van der Waals surface area contributed by atoms with Gasteiger partial charge in [-0.15, -0.1) is 0 Å². The second-order valence-electron chi connectivity index (χ2n) is 9.58. The molecule has 0 spiro atoms. The summed E-state index contributed by atoms with van der Waals surface area (Å²) in [6.07, 6.45) is 2.45. The van der Waals surface area contributed by atoms with Gasteiger partial charge < -0.3 is 34.3 Å². The number of aliphatic hydroxyl groups excluding tert-OH is 3. The highest BCUT2D eigenvalue weighted by atomic mass is 16.7. The SMILES string of the molecule is COCO[C@H](C)[C@]1(C)CC[C@H]([C@]2(C)CC[C@@H](C[C@H](O)[C@H](C)[C@H](O)[C@H](C)CO)O2)O1. The van der Waals surface area contributed by atoms with E-state index >= 15 is 0 Å². The summed E-state index contributed by atoms with van der Waals surface area (Å²) in [4.78, 5) is 0. The van der Waals surface area contributed by atoms with Gasteiger partial charge in [-0.1, -0.05) is 13.8 Å². The highest BCUT2D eigenvalue weighted by molar-refractivity contribution is 5.00. The van der Waals surface area contributed by atoms with Gasteiger partial charge >= 0.3 is 0 Å². The fraction of sp³-hybridized carbons (Fsp3) is 1.00. The van der Waals surface area contributed by atoms with E-state index in [9.17, 15) is 15.3 Å². The molecule has 7 nitrogen and oxygen atoms in total. The molecular formula is C22H42O7. The summed E-state index contributed by atoms with van der Waals surface area (Å²) < 4.78 is 23.6. The predicted molar refractivity (Wildman–Crippen MR) is 109 cm³/mol. The molecule has 2 rings (SSSR count). The highest BCUT2D eigenvalue weighted by Gasteiger charge is 2.51. The summed E-state index contributed by atoms with van der Waals surface area (Å²) in [5, 5.41) is 30.1. The van der Waals surface area contributed by atoms with Crippen molar-refractivity contribution in [3.05, 3.63) is 0 Å². The molecule has 0 bridgehead atoms. The first-order chi connectivity index (χ1) is 13.6. The molecule has 2 heterocycles. The van der Waals surface area contributed by atoms with E-state index in [2.05, 4.69) is 13.8 Å². The highest BCUT2D eigenvalue weighted by Crippen LogP contribution is 2.45. The Bertz CT molecular complexity index is 504. The maximum Gasteiger partial charge on any atom is 0.146 e. The molecular weight excluding hydrogens is 376 g/mol. The largest absolute Gasteiger partial charge is 0.396 e. The minimum Gasteiger partial charge on any atom is -0.396 e. The van der Waals surface area contributed by atoms with Crippen LogP contribution in [0.2, 0.25) is 0 Å². The second-order valence-corrected chi connectivity index (χ2v) is 9.58. The molecule has 9 atom stereocenters. The van der Waals surface area contributed by atoms with Gasteiger partial charge in [-0.2, -0.15) is 0 Å². The Morgan fingerprint density at radius 3 is 2.38 bits per heavy atom. The molecule has 0 amide bonds. The third-order valence-electron chi connectivity index (χ3n) is 7.21. The van der Waals surface area contributed by atoms with E-state index in [1.807, 2.05) is 13.8 Å². The van der Waals surface area contributed by atoms with Gasteiger partial charge in [0.1, 0.15) is 6.79 Å². The monoisotopic (exact) mass is 418 g/mol. The maximum absolute atomic E-state index is 10.6. The van der Waals surface area contributed by atoms with Crippen LogP contribution in [0.15, 0.2) is 0 Å². The third kappa shape index (κ3) is 5.91. The van der Waals surface area contributed by atoms with E-state index in [0.717, 1.165) is 25.7 Å². The van der Waals surface area contributed by atoms with Crippen molar-refractivity contribution in [1.82, 2.24) is 0 Å². The molecule has 0 aromatic heterocycles. The van der Waals surface area contributed by atoms with E-state index in [1.54, 1.807) is 14.0 Å². The zero-order valence-corrected chi connectivity index (χ0v) is 19.0. The number of methoxy groups -OCH3 is 1. The average Bonchev–Trinajstić information content (AvgIpc) is 3.29. The van der Waals surface area contributed by atoms with E-state index in [4.69, 9.17) is 18.9 Å². The fourth-order valence-electron chi connectivity index (χ4n) is 4.62. The van der Waals surface area contributed by atoms with Gasteiger partial charge in [0.05, 0.1) is 41.7 Å². The van der Waals surface area contributed by atoms with Crippen molar-refractivity contribution in [2.75, 3.05) is 20.5 Å². The first kappa shape index (κ1) is 25.0. The summed E-state index contributed by atoms with van der Waals surface area (Å²) in [6, 6.07) is 0. The minimum absolute atomic E-state index is 0.0133. The second kappa shape index (κ2) is 10.4. The zero-order chi connectivity index (χ0) is 21.8. The van der Waals surface area contributed by atoms with E-state index in [-0.39, 0.29) is 54.7 Å². The van der Waals surface area contributed by atoms with Crippen LogP contribution in [0.25, 0.3) is 0 Å².